The molecule has 2 amide bonds. The first kappa shape index (κ1) is 21.6. The molecule has 1 aliphatic rings. The summed E-state index contributed by atoms with van der Waals surface area (Å²) in [5.74, 6) is 0.213. The summed E-state index contributed by atoms with van der Waals surface area (Å²) in [6.45, 7) is 6.91. The monoisotopic (exact) mass is 432 g/mol. The quantitative estimate of drug-likeness (QED) is 0.666. The van der Waals surface area contributed by atoms with Crippen LogP contribution in [-0.2, 0) is 17.9 Å². The Bertz CT molecular complexity index is 1190. The second-order valence-corrected chi connectivity index (χ2v) is 8.96. The molecule has 3 aromatic rings. The smallest absolute Gasteiger partial charge is 0.291 e. The van der Waals surface area contributed by atoms with Crippen molar-refractivity contribution in [2.24, 2.45) is 10.5 Å². The Morgan fingerprint density at radius 3 is 2.53 bits per heavy atom. The van der Waals surface area contributed by atoms with Crippen molar-refractivity contribution in [2.75, 3.05) is 13.7 Å². The van der Waals surface area contributed by atoms with Crippen molar-refractivity contribution in [2.45, 2.75) is 33.9 Å². The van der Waals surface area contributed by atoms with Crippen LogP contribution in [0.1, 0.15) is 36.8 Å². The van der Waals surface area contributed by atoms with Crippen molar-refractivity contribution >= 4 is 28.4 Å². The largest absolute Gasteiger partial charge is 0.497 e. The van der Waals surface area contributed by atoms with Gasteiger partial charge in [-0.05, 0) is 29.8 Å². The minimum absolute atomic E-state index is 0.143. The number of benzene rings is 2. The lowest BCUT2D eigenvalue weighted by atomic mass is 9.90. The van der Waals surface area contributed by atoms with Gasteiger partial charge in [0.05, 0.1) is 19.4 Å². The highest BCUT2D eigenvalue weighted by atomic mass is 16.5. The molecule has 32 heavy (non-hydrogen) atoms. The van der Waals surface area contributed by atoms with E-state index in [1.54, 1.807) is 7.11 Å². The summed E-state index contributed by atoms with van der Waals surface area (Å²) in [7, 11) is 1.61. The van der Waals surface area contributed by atoms with E-state index in [1.165, 1.54) is 5.01 Å². The first-order valence-electron chi connectivity index (χ1n) is 10.6. The van der Waals surface area contributed by atoms with Gasteiger partial charge in [0, 0.05) is 22.9 Å². The number of hydrogen-bond acceptors (Lipinski definition) is 4. The molecule has 2 heterocycles. The minimum atomic E-state index is -0.278. The molecule has 1 N–H and O–H groups in total. The van der Waals surface area contributed by atoms with Crippen LogP contribution in [0.25, 0.3) is 10.9 Å². The number of aromatic nitrogens is 1. The van der Waals surface area contributed by atoms with Gasteiger partial charge in [-0.2, -0.15) is 5.10 Å². The third-order valence-electron chi connectivity index (χ3n) is 5.62. The van der Waals surface area contributed by atoms with E-state index in [4.69, 9.17) is 4.74 Å². The van der Waals surface area contributed by atoms with Crippen LogP contribution in [0.3, 0.4) is 0 Å². The number of para-hydroxylation sites is 1. The Morgan fingerprint density at radius 1 is 1.12 bits per heavy atom. The van der Waals surface area contributed by atoms with Gasteiger partial charge in [-0.3, -0.25) is 9.59 Å². The number of nitrogens with zero attached hydrogens (tertiary/aromatic N) is 3. The molecule has 1 aliphatic heterocycles. The van der Waals surface area contributed by atoms with Gasteiger partial charge in [0.2, 0.25) is 5.91 Å². The van der Waals surface area contributed by atoms with Crippen LogP contribution in [0.2, 0.25) is 0 Å². The Labute approximate surface area is 187 Å². The summed E-state index contributed by atoms with van der Waals surface area (Å²) in [5, 5.41) is 9.81. The van der Waals surface area contributed by atoms with Crippen molar-refractivity contribution in [3.8, 4) is 5.75 Å². The Kier molecular flexibility index (Phi) is 5.74. The molecule has 0 saturated heterocycles. The first-order valence-corrected chi connectivity index (χ1v) is 10.6. The molecule has 0 fully saturated rings. The maximum absolute atomic E-state index is 13.4. The molecular formula is C25H28N4O3. The standard InChI is InChI=1S/C25H28N4O3/c1-25(2,3)22-15-28-20-8-6-5-7-18(20)13-21(28)24(31)29(27-22)16-23(30)26-14-17-9-11-19(32-4)12-10-17/h5-13H,14-16H2,1-4H3,(H,26,30). The van der Waals surface area contributed by atoms with E-state index < -0.39 is 0 Å². The van der Waals surface area contributed by atoms with E-state index in [-0.39, 0.29) is 23.8 Å². The number of rotatable bonds is 5. The van der Waals surface area contributed by atoms with E-state index in [1.807, 2.05) is 59.2 Å². The number of methoxy groups -OCH3 is 1. The molecule has 2 aromatic carbocycles. The summed E-state index contributed by atoms with van der Waals surface area (Å²) in [5.41, 5.74) is 3.05. The molecule has 0 atom stereocenters. The lowest BCUT2D eigenvalue weighted by molar-refractivity contribution is -0.122. The van der Waals surface area contributed by atoms with Crippen LogP contribution in [0.5, 0.6) is 5.75 Å². The second kappa shape index (κ2) is 8.49. The van der Waals surface area contributed by atoms with E-state index in [0.717, 1.165) is 27.9 Å². The number of ether oxygens (including phenoxy) is 1. The Hall–Kier alpha value is -3.61. The van der Waals surface area contributed by atoms with Crippen LogP contribution in [-0.4, -0.2) is 40.8 Å². The summed E-state index contributed by atoms with van der Waals surface area (Å²) in [6, 6.07) is 17.3. The van der Waals surface area contributed by atoms with Gasteiger partial charge >= 0.3 is 0 Å². The van der Waals surface area contributed by atoms with Crippen LogP contribution in [0, 0.1) is 5.41 Å². The molecule has 1 aromatic heterocycles. The van der Waals surface area contributed by atoms with Gasteiger partial charge in [-0.15, -0.1) is 0 Å². The fourth-order valence-electron chi connectivity index (χ4n) is 3.69. The zero-order valence-corrected chi connectivity index (χ0v) is 18.9. The van der Waals surface area contributed by atoms with E-state index >= 15 is 0 Å². The fraction of sp³-hybridized carbons (Fsp3) is 0.320. The van der Waals surface area contributed by atoms with Crippen LogP contribution >= 0.6 is 0 Å². The van der Waals surface area contributed by atoms with Crippen LogP contribution in [0.4, 0.5) is 0 Å². The van der Waals surface area contributed by atoms with Gasteiger partial charge in [-0.1, -0.05) is 51.1 Å². The van der Waals surface area contributed by atoms with Crippen LogP contribution in [0.15, 0.2) is 59.7 Å². The average molecular weight is 433 g/mol. The SMILES string of the molecule is COc1ccc(CNC(=O)CN2N=C(C(C)(C)C)Cn3c(cc4ccccc43)C2=O)cc1. The van der Waals surface area contributed by atoms with Gasteiger partial charge in [0.1, 0.15) is 18.0 Å². The molecule has 166 valence electrons. The number of nitrogens with one attached hydrogen (secondary N) is 1. The van der Waals surface area contributed by atoms with Gasteiger partial charge in [0.15, 0.2) is 0 Å². The first-order chi connectivity index (χ1) is 15.3. The average Bonchev–Trinajstić information content (AvgIpc) is 3.07. The number of amides is 2. The molecular weight excluding hydrogens is 404 g/mol. The normalized spacial score (nSPS) is 14.1. The predicted octanol–water partition coefficient (Wildman–Crippen LogP) is 3.82. The van der Waals surface area contributed by atoms with Crippen molar-refractivity contribution in [1.82, 2.24) is 14.9 Å². The Morgan fingerprint density at radius 2 is 1.84 bits per heavy atom. The summed E-state index contributed by atoms with van der Waals surface area (Å²) in [4.78, 5) is 26.1. The van der Waals surface area contributed by atoms with Crippen molar-refractivity contribution < 1.29 is 14.3 Å². The maximum atomic E-state index is 13.4. The van der Waals surface area contributed by atoms with Crippen molar-refractivity contribution in [3.63, 3.8) is 0 Å². The predicted molar refractivity (Wildman–Crippen MR) is 125 cm³/mol. The molecule has 0 radical (unpaired) electrons. The van der Waals surface area contributed by atoms with Gasteiger partial charge in [-0.25, -0.2) is 5.01 Å². The lowest BCUT2D eigenvalue weighted by Gasteiger charge is -2.23. The maximum Gasteiger partial charge on any atom is 0.291 e. The number of carbonyl (C=O) groups excluding carboxylic acids is 2. The van der Waals surface area contributed by atoms with Gasteiger partial charge in [0.25, 0.3) is 5.91 Å². The second-order valence-electron chi connectivity index (χ2n) is 8.96. The highest BCUT2D eigenvalue weighted by molar-refractivity contribution is 6.03. The number of fused-ring (bicyclic) bond motifs is 3. The molecule has 4 rings (SSSR count). The third-order valence-corrected chi connectivity index (χ3v) is 5.62. The summed E-state index contributed by atoms with van der Waals surface area (Å²) < 4.78 is 7.16. The lowest BCUT2D eigenvalue weighted by Crippen LogP contribution is -2.38. The van der Waals surface area contributed by atoms with E-state index in [9.17, 15) is 9.59 Å². The Balaban J connectivity index is 1.57. The van der Waals surface area contributed by atoms with Crippen molar-refractivity contribution in [1.29, 1.82) is 0 Å². The zero-order chi connectivity index (χ0) is 22.9. The topological polar surface area (TPSA) is 75.9 Å². The molecule has 0 aliphatic carbocycles. The van der Waals surface area contributed by atoms with E-state index in [2.05, 4.69) is 31.2 Å². The van der Waals surface area contributed by atoms with Crippen LogP contribution < -0.4 is 10.1 Å². The van der Waals surface area contributed by atoms with E-state index in [0.29, 0.717) is 18.8 Å². The summed E-state index contributed by atoms with van der Waals surface area (Å²) >= 11 is 0. The summed E-state index contributed by atoms with van der Waals surface area (Å²) in [6.07, 6.45) is 0. The highest BCUT2D eigenvalue weighted by Crippen LogP contribution is 2.27. The number of carbonyl (C=O) groups is 2. The zero-order valence-electron chi connectivity index (χ0n) is 18.9. The third kappa shape index (κ3) is 4.37. The fourth-order valence-corrected chi connectivity index (χ4v) is 3.69. The molecule has 0 saturated carbocycles. The molecule has 0 spiro atoms. The number of hydrogen-bond donors (Lipinski definition) is 1. The number of hydrazone groups is 1. The van der Waals surface area contributed by atoms with Gasteiger partial charge < -0.3 is 14.6 Å². The molecule has 7 heteroatoms. The minimum Gasteiger partial charge on any atom is -0.497 e. The molecule has 7 nitrogen and oxygen atoms in total. The highest BCUT2D eigenvalue weighted by Gasteiger charge is 2.31. The molecule has 0 bridgehead atoms. The molecule has 0 unspecified atom stereocenters. The van der Waals surface area contributed by atoms with Crippen molar-refractivity contribution in [3.05, 3.63) is 65.9 Å².